The molecular weight excluding hydrogens is 301 g/mol. The number of pyridine rings is 1. The van der Waals surface area contributed by atoms with Crippen molar-refractivity contribution in [1.82, 2.24) is 4.98 Å². The first-order valence-electron chi connectivity index (χ1n) is 4.79. The van der Waals surface area contributed by atoms with E-state index in [1.165, 1.54) is 3.57 Å². The van der Waals surface area contributed by atoms with Crippen molar-refractivity contribution in [3.8, 4) is 0 Å². The van der Waals surface area contributed by atoms with Crippen molar-refractivity contribution in [3.05, 3.63) is 34.0 Å². The first-order valence-corrected chi connectivity index (χ1v) is 5.87. The molecule has 0 amide bonds. The number of aromatic nitrogens is 1. The Balaban J connectivity index is 2.48. The standard InChI is InChI=1S/C11H12IN3/c12-8-1-2-10-9(7-8)11(3-5-14-10)15-6-4-13/h1-3,5,7H,4,6,13H2,(H,14,15). The zero-order chi connectivity index (χ0) is 10.7. The quantitative estimate of drug-likeness (QED) is 0.854. The molecule has 3 nitrogen and oxygen atoms in total. The summed E-state index contributed by atoms with van der Waals surface area (Å²) in [5.41, 5.74) is 7.58. The molecule has 0 aliphatic carbocycles. The fraction of sp³-hybridized carbons (Fsp3) is 0.182. The molecule has 15 heavy (non-hydrogen) atoms. The molecule has 4 heteroatoms. The van der Waals surface area contributed by atoms with Crippen LogP contribution in [0.5, 0.6) is 0 Å². The second-order valence-corrected chi connectivity index (χ2v) is 4.48. The predicted molar refractivity (Wildman–Crippen MR) is 72.0 cm³/mol. The van der Waals surface area contributed by atoms with E-state index in [1.54, 1.807) is 0 Å². The minimum absolute atomic E-state index is 0.633. The molecule has 0 fully saturated rings. The molecule has 1 heterocycles. The Kier molecular flexibility index (Phi) is 3.37. The van der Waals surface area contributed by atoms with Crippen molar-refractivity contribution in [3.63, 3.8) is 0 Å². The highest BCUT2D eigenvalue weighted by atomic mass is 127. The number of hydrogen-bond donors (Lipinski definition) is 2. The molecular formula is C11H12IN3. The summed E-state index contributed by atoms with van der Waals surface area (Å²) in [5, 5.41) is 4.45. The van der Waals surface area contributed by atoms with Gasteiger partial charge < -0.3 is 11.1 Å². The van der Waals surface area contributed by atoms with Gasteiger partial charge in [-0.05, 0) is 46.9 Å². The molecule has 2 aromatic rings. The summed E-state index contributed by atoms with van der Waals surface area (Å²) in [7, 11) is 0. The van der Waals surface area contributed by atoms with E-state index in [-0.39, 0.29) is 0 Å². The lowest BCUT2D eigenvalue weighted by Crippen LogP contribution is -2.13. The van der Waals surface area contributed by atoms with Gasteiger partial charge in [0.2, 0.25) is 0 Å². The van der Waals surface area contributed by atoms with Crippen molar-refractivity contribution in [2.24, 2.45) is 5.73 Å². The van der Waals surface area contributed by atoms with E-state index in [4.69, 9.17) is 5.73 Å². The highest BCUT2D eigenvalue weighted by Gasteiger charge is 2.01. The molecule has 1 aromatic carbocycles. The Morgan fingerprint density at radius 3 is 3.00 bits per heavy atom. The third kappa shape index (κ3) is 2.38. The fourth-order valence-electron chi connectivity index (χ4n) is 1.48. The van der Waals surface area contributed by atoms with Gasteiger partial charge in [0.25, 0.3) is 0 Å². The second-order valence-electron chi connectivity index (χ2n) is 3.24. The lowest BCUT2D eigenvalue weighted by molar-refractivity contribution is 1.03. The maximum absolute atomic E-state index is 5.47. The highest BCUT2D eigenvalue weighted by Crippen LogP contribution is 2.23. The predicted octanol–water partition coefficient (Wildman–Crippen LogP) is 2.21. The van der Waals surface area contributed by atoms with E-state index in [0.29, 0.717) is 6.54 Å². The molecule has 2 rings (SSSR count). The van der Waals surface area contributed by atoms with Crippen LogP contribution in [0.2, 0.25) is 0 Å². The summed E-state index contributed by atoms with van der Waals surface area (Å²) < 4.78 is 1.21. The molecule has 0 saturated carbocycles. The summed E-state index contributed by atoms with van der Waals surface area (Å²) in [6.07, 6.45) is 1.81. The molecule has 0 radical (unpaired) electrons. The normalized spacial score (nSPS) is 10.5. The van der Waals surface area contributed by atoms with Crippen molar-refractivity contribution in [1.29, 1.82) is 0 Å². The summed E-state index contributed by atoms with van der Waals surface area (Å²) in [4.78, 5) is 4.32. The molecule has 3 N–H and O–H groups in total. The third-order valence-corrected chi connectivity index (χ3v) is 2.83. The molecule has 0 unspecified atom stereocenters. The van der Waals surface area contributed by atoms with Gasteiger partial charge in [-0.2, -0.15) is 0 Å². The second kappa shape index (κ2) is 4.76. The average molecular weight is 313 g/mol. The summed E-state index contributed by atoms with van der Waals surface area (Å²) in [5.74, 6) is 0. The summed E-state index contributed by atoms with van der Waals surface area (Å²) in [6.45, 7) is 1.42. The van der Waals surface area contributed by atoms with Gasteiger partial charge in [0.05, 0.1) is 5.52 Å². The number of benzene rings is 1. The van der Waals surface area contributed by atoms with Gasteiger partial charge in [-0.25, -0.2) is 0 Å². The Morgan fingerprint density at radius 2 is 2.20 bits per heavy atom. The van der Waals surface area contributed by atoms with E-state index in [1.807, 2.05) is 18.3 Å². The van der Waals surface area contributed by atoms with Crippen molar-refractivity contribution < 1.29 is 0 Å². The maximum Gasteiger partial charge on any atom is 0.0723 e. The van der Waals surface area contributed by atoms with Crippen molar-refractivity contribution >= 4 is 39.2 Å². The van der Waals surface area contributed by atoms with Crippen LogP contribution >= 0.6 is 22.6 Å². The zero-order valence-corrected chi connectivity index (χ0v) is 10.4. The topological polar surface area (TPSA) is 50.9 Å². The number of nitrogens with two attached hydrogens (primary N) is 1. The maximum atomic E-state index is 5.47. The number of halogens is 1. The van der Waals surface area contributed by atoms with Gasteiger partial charge in [-0.1, -0.05) is 0 Å². The minimum Gasteiger partial charge on any atom is -0.383 e. The van der Waals surface area contributed by atoms with Crippen LogP contribution < -0.4 is 11.1 Å². The van der Waals surface area contributed by atoms with Crippen LogP contribution in [0.1, 0.15) is 0 Å². The Hall–Kier alpha value is -0.880. The number of hydrogen-bond acceptors (Lipinski definition) is 3. The largest absolute Gasteiger partial charge is 0.383 e. The Bertz CT molecular complexity index is 470. The smallest absolute Gasteiger partial charge is 0.0723 e. The number of rotatable bonds is 3. The van der Waals surface area contributed by atoms with Crippen LogP contribution in [0, 0.1) is 3.57 Å². The van der Waals surface area contributed by atoms with Crippen LogP contribution in [0.15, 0.2) is 30.5 Å². The van der Waals surface area contributed by atoms with E-state index in [9.17, 15) is 0 Å². The van der Waals surface area contributed by atoms with E-state index in [2.05, 4.69) is 45.0 Å². The van der Waals surface area contributed by atoms with Crippen LogP contribution in [0.4, 0.5) is 5.69 Å². The van der Waals surface area contributed by atoms with Crippen LogP contribution in [-0.4, -0.2) is 18.1 Å². The molecule has 0 atom stereocenters. The van der Waals surface area contributed by atoms with Crippen LogP contribution in [-0.2, 0) is 0 Å². The van der Waals surface area contributed by atoms with E-state index >= 15 is 0 Å². The lowest BCUT2D eigenvalue weighted by atomic mass is 10.2. The van der Waals surface area contributed by atoms with E-state index in [0.717, 1.165) is 23.1 Å². The first-order chi connectivity index (χ1) is 7.31. The number of fused-ring (bicyclic) bond motifs is 1. The summed E-state index contributed by atoms with van der Waals surface area (Å²) in [6, 6.07) is 8.20. The molecule has 0 bridgehead atoms. The van der Waals surface area contributed by atoms with Crippen molar-refractivity contribution in [2.45, 2.75) is 0 Å². The van der Waals surface area contributed by atoms with Gasteiger partial charge in [-0.3, -0.25) is 4.98 Å². The highest BCUT2D eigenvalue weighted by molar-refractivity contribution is 14.1. The van der Waals surface area contributed by atoms with Crippen LogP contribution in [0.25, 0.3) is 10.9 Å². The first kappa shape index (κ1) is 10.6. The molecule has 1 aromatic heterocycles. The molecule has 0 aliphatic heterocycles. The molecule has 0 aliphatic rings. The van der Waals surface area contributed by atoms with Gasteiger partial charge in [0.1, 0.15) is 0 Å². The van der Waals surface area contributed by atoms with Gasteiger partial charge >= 0.3 is 0 Å². The molecule has 0 saturated heterocycles. The fourth-order valence-corrected chi connectivity index (χ4v) is 1.97. The SMILES string of the molecule is NCCNc1ccnc2ccc(I)cc12. The number of nitrogens with one attached hydrogen (secondary N) is 1. The average Bonchev–Trinajstić information content (AvgIpc) is 2.26. The van der Waals surface area contributed by atoms with Gasteiger partial charge in [0, 0.05) is 33.9 Å². The lowest BCUT2D eigenvalue weighted by Gasteiger charge is -2.08. The van der Waals surface area contributed by atoms with Crippen LogP contribution in [0.3, 0.4) is 0 Å². The third-order valence-electron chi connectivity index (χ3n) is 2.16. The van der Waals surface area contributed by atoms with Gasteiger partial charge in [-0.15, -0.1) is 0 Å². The number of anilines is 1. The number of nitrogens with zero attached hydrogens (tertiary/aromatic N) is 1. The van der Waals surface area contributed by atoms with E-state index < -0.39 is 0 Å². The van der Waals surface area contributed by atoms with Crippen molar-refractivity contribution in [2.75, 3.05) is 18.4 Å². The monoisotopic (exact) mass is 313 g/mol. The minimum atomic E-state index is 0.633. The molecule has 78 valence electrons. The summed E-state index contributed by atoms with van der Waals surface area (Å²) >= 11 is 2.30. The Labute approximate surface area is 102 Å². The zero-order valence-electron chi connectivity index (χ0n) is 8.20. The van der Waals surface area contributed by atoms with Gasteiger partial charge in [0.15, 0.2) is 0 Å². The molecule has 0 spiro atoms. The Morgan fingerprint density at radius 1 is 1.33 bits per heavy atom.